The highest BCUT2D eigenvalue weighted by molar-refractivity contribution is 5.87. The number of carboxylic acids is 1. The topological polar surface area (TPSA) is 53.4 Å². The highest BCUT2D eigenvalue weighted by Crippen LogP contribution is 2.15. The van der Waals surface area contributed by atoms with E-state index in [1.54, 1.807) is 12.4 Å². The van der Waals surface area contributed by atoms with Crippen molar-refractivity contribution in [2.24, 2.45) is 0 Å². The van der Waals surface area contributed by atoms with E-state index in [1.807, 2.05) is 24.0 Å². The van der Waals surface area contributed by atoms with Gasteiger partial charge in [0.25, 0.3) is 0 Å². The molecule has 4 nitrogen and oxygen atoms in total. The van der Waals surface area contributed by atoms with Crippen molar-refractivity contribution in [2.75, 3.05) is 6.54 Å². The molecule has 1 heterocycles. The van der Waals surface area contributed by atoms with Gasteiger partial charge in [0.2, 0.25) is 0 Å². The summed E-state index contributed by atoms with van der Waals surface area (Å²) in [6.07, 6.45) is 3.43. The largest absolute Gasteiger partial charge is 0.478 e. The minimum atomic E-state index is -1.05. The zero-order valence-corrected chi connectivity index (χ0v) is 11.8. The number of aromatic carboxylic acids is 1. The van der Waals surface area contributed by atoms with Gasteiger partial charge in [-0.25, -0.2) is 9.18 Å². The second-order valence-corrected chi connectivity index (χ2v) is 4.77. The van der Waals surface area contributed by atoms with Crippen LogP contribution < -0.4 is 0 Å². The number of hydrogen-bond acceptors (Lipinski definition) is 3. The first kappa shape index (κ1) is 15.1. The molecule has 0 saturated carbocycles. The van der Waals surface area contributed by atoms with E-state index in [1.165, 1.54) is 18.2 Å². The van der Waals surface area contributed by atoms with Crippen LogP contribution in [-0.2, 0) is 13.1 Å². The summed E-state index contributed by atoms with van der Waals surface area (Å²) in [4.78, 5) is 17.0. The van der Waals surface area contributed by atoms with E-state index < -0.39 is 5.97 Å². The van der Waals surface area contributed by atoms with Gasteiger partial charge in [-0.05, 0) is 42.4 Å². The maximum absolute atomic E-state index is 13.8. The van der Waals surface area contributed by atoms with Crippen LogP contribution in [0.4, 0.5) is 4.39 Å². The monoisotopic (exact) mass is 288 g/mol. The summed E-state index contributed by atoms with van der Waals surface area (Å²) >= 11 is 0. The average molecular weight is 288 g/mol. The van der Waals surface area contributed by atoms with Gasteiger partial charge >= 0.3 is 5.97 Å². The molecule has 1 aromatic carbocycles. The predicted molar refractivity (Wildman–Crippen MR) is 77.4 cm³/mol. The third-order valence-electron chi connectivity index (χ3n) is 3.29. The SMILES string of the molecule is CCN(Cc1ccncc1)Cc1cc(C(=O)O)ccc1F. The van der Waals surface area contributed by atoms with E-state index in [0.717, 1.165) is 12.1 Å². The lowest BCUT2D eigenvalue weighted by molar-refractivity contribution is 0.0696. The predicted octanol–water partition coefficient (Wildman–Crippen LogP) is 2.94. The molecule has 0 aliphatic rings. The number of carboxylic acid groups (broad SMARTS) is 1. The van der Waals surface area contributed by atoms with Crippen LogP contribution in [0.5, 0.6) is 0 Å². The fraction of sp³-hybridized carbons (Fsp3) is 0.250. The van der Waals surface area contributed by atoms with Crippen molar-refractivity contribution in [2.45, 2.75) is 20.0 Å². The zero-order valence-electron chi connectivity index (χ0n) is 11.8. The minimum Gasteiger partial charge on any atom is -0.478 e. The fourth-order valence-electron chi connectivity index (χ4n) is 2.10. The Balaban J connectivity index is 2.14. The van der Waals surface area contributed by atoms with Gasteiger partial charge in [0, 0.05) is 31.0 Å². The van der Waals surface area contributed by atoms with Gasteiger partial charge in [0.1, 0.15) is 5.82 Å². The van der Waals surface area contributed by atoms with E-state index in [4.69, 9.17) is 5.11 Å². The Hall–Kier alpha value is -2.27. The molecule has 110 valence electrons. The maximum atomic E-state index is 13.8. The summed E-state index contributed by atoms with van der Waals surface area (Å²) < 4.78 is 13.8. The molecule has 21 heavy (non-hydrogen) atoms. The van der Waals surface area contributed by atoms with Crippen LogP contribution in [0, 0.1) is 5.82 Å². The number of nitrogens with zero attached hydrogens (tertiary/aromatic N) is 2. The average Bonchev–Trinajstić information content (AvgIpc) is 2.49. The minimum absolute atomic E-state index is 0.103. The Morgan fingerprint density at radius 2 is 1.95 bits per heavy atom. The first-order valence-corrected chi connectivity index (χ1v) is 6.73. The van der Waals surface area contributed by atoms with E-state index >= 15 is 0 Å². The van der Waals surface area contributed by atoms with Crippen molar-refractivity contribution in [1.29, 1.82) is 0 Å². The van der Waals surface area contributed by atoms with E-state index in [-0.39, 0.29) is 11.4 Å². The van der Waals surface area contributed by atoms with Crippen LogP contribution in [0.25, 0.3) is 0 Å². The van der Waals surface area contributed by atoms with Crippen LogP contribution in [0.1, 0.15) is 28.4 Å². The zero-order chi connectivity index (χ0) is 15.2. The molecule has 0 atom stereocenters. The standard InChI is InChI=1S/C16H17FN2O2/c1-2-19(10-12-5-7-18-8-6-12)11-14-9-13(16(20)21)3-4-15(14)17/h3-9H,2,10-11H2,1H3,(H,20,21). The van der Waals surface area contributed by atoms with Gasteiger partial charge in [-0.2, -0.15) is 0 Å². The Morgan fingerprint density at radius 3 is 2.57 bits per heavy atom. The smallest absolute Gasteiger partial charge is 0.335 e. The van der Waals surface area contributed by atoms with E-state index in [0.29, 0.717) is 18.7 Å². The van der Waals surface area contributed by atoms with Gasteiger partial charge in [-0.3, -0.25) is 9.88 Å². The number of hydrogen-bond donors (Lipinski definition) is 1. The molecule has 0 saturated heterocycles. The van der Waals surface area contributed by atoms with Crippen molar-refractivity contribution < 1.29 is 14.3 Å². The first-order chi connectivity index (χ1) is 10.1. The normalized spacial score (nSPS) is 10.8. The lowest BCUT2D eigenvalue weighted by Gasteiger charge is -2.21. The lowest BCUT2D eigenvalue weighted by atomic mass is 10.1. The molecule has 0 aliphatic heterocycles. The van der Waals surface area contributed by atoms with E-state index in [9.17, 15) is 9.18 Å². The molecule has 0 spiro atoms. The Morgan fingerprint density at radius 1 is 1.24 bits per heavy atom. The first-order valence-electron chi connectivity index (χ1n) is 6.73. The molecular weight excluding hydrogens is 271 g/mol. The van der Waals surface area contributed by atoms with Crippen molar-refractivity contribution in [3.05, 3.63) is 65.2 Å². The molecule has 0 aliphatic carbocycles. The van der Waals surface area contributed by atoms with Crippen molar-refractivity contribution in [1.82, 2.24) is 9.88 Å². The third kappa shape index (κ3) is 4.10. The molecule has 0 unspecified atom stereocenters. The van der Waals surface area contributed by atoms with Crippen molar-refractivity contribution in [3.8, 4) is 0 Å². The van der Waals surface area contributed by atoms with Crippen molar-refractivity contribution >= 4 is 5.97 Å². The van der Waals surface area contributed by atoms with Gasteiger partial charge in [0.15, 0.2) is 0 Å². The molecule has 1 aromatic heterocycles. The molecule has 0 amide bonds. The summed E-state index contributed by atoms with van der Waals surface area (Å²) in [7, 11) is 0. The fourth-order valence-corrected chi connectivity index (χ4v) is 2.10. The van der Waals surface area contributed by atoms with Gasteiger partial charge in [0.05, 0.1) is 5.56 Å². The molecule has 0 bridgehead atoms. The number of carbonyl (C=O) groups is 1. The van der Waals surface area contributed by atoms with Crippen molar-refractivity contribution in [3.63, 3.8) is 0 Å². The van der Waals surface area contributed by atoms with Crippen LogP contribution in [0.3, 0.4) is 0 Å². The third-order valence-corrected chi connectivity index (χ3v) is 3.29. The molecule has 0 radical (unpaired) electrons. The van der Waals surface area contributed by atoms with Crippen LogP contribution in [0.15, 0.2) is 42.7 Å². The number of halogens is 1. The van der Waals surface area contributed by atoms with Crippen LogP contribution >= 0.6 is 0 Å². The summed E-state index contributed by atoms with van der Waals surface area (Å²) in [6, 6.07) is 7.70. The summed E-state index contributed by atoms with van der Waals surface area (Å²) in [6.45, 7) is 3.75. The summed E-state index contributed by atoms with van der Waals surface area (Å²) in [5.41, 5.74) is 1.58. The molecule has 1 N–H and O–H groups in total. The van der Waals surface area contributed by atoms with Gasteiger partial charge in [-0.15, -0.1) is 0 Å². The second kappa shape index (κ2) is 6.95. The Kier molecular flexibility index (Phi) is 5.00. The molecule has 5 heteroatoms. The Bertz CT molecular complexity index is 617. The summed E-state index contributed by atoms with van der Waals surface area (Å²) in [5, 5.41) is 8.98. The molecule has 2 aromatic rings. The number of aromatic nitrogens is 1. The van der Waals surface area contributed by atoms with Crippen LogP contribution in [-0.4, -0.2) is 27.5 Å². The molecular formula is C16H17FN2O2. The molecule has 2 rings (SSSR count). The summed E-state index contributed by atoms with van der Waals surface area (Å²) in [5.74, 6) is -1.43. The van der Waals surface area contributed by atoms with Crippen LogP contribution in [0.2, 0.25) is 0 Å². The number of rotatable bonds is 6. The lowest BCUT2D eigenvalue weighted by Crippen LogP contribution is -2.23. The molecule has 0 fully saturated rings. The quantitative estimate of drug-likeness (QED) is 0.888. The highest BCUT2D eigenvalue weighted by Gasteiger charge is 2.12. The second-order valence-electron chi connectivity index (χ2n) is 4.77. The highest BCUT2D eigenvalue weighted by atomic mass is 19.1. The number of pyridine rings is 1. The van der Waals surface area contributed by atoms with Gasteiger partial charge in [-0.1, -0.05) is 6.92 Å². The number of benzene rings is 1. The van der Waals surface area contributed by atoms with Gasteiger partial charge < -0.3 is 5.11 Å². The van der Waals surface area contributed by atoms with E-state index in [2.05, 4.69) is 4.98 Å². The maximum Gasteiger partial charge on any atom is 0.335 e. The Labute approximate surface area is 122 Å².